The third kappa shape index (κ3) is 1.43. The van der Waals surface area contributed by atoms with Crippen molar-refractivity contribution >= 4 is 17.6 Å². The number of allylic oxidation sites excluding steroid dienone is 3. The Hall–Kier alpha value is -2.16. The number of carbonyl (C=O) groups is 2. The molecule has 0 fully saturated rings. The van der Waals surface area contributed by atoms with E-state index in [4.69, 9.17) is 4.74 Å². The highest BCUT2D eigenvalue weighted by Gasteiger charge is 2.29. The quantitative estimate of drug-likeness (QED) is 0.574. The first-order valence-corrected chi connectivity index (χ1v) is 5.51. The SMILES string of the molecule is O=CC(=O)C1=C2CCC=C2Oc2ccccc21. The van der Waals surface area contributed by atoms with Crippen LogP contribution in [0, 0.1) is 0 Å². The number of rotatable bonds is 2. The van der Waals surface area contributed by atoms with Crippen LogP contribution < -0.4 is 4.74 Å². The molecular weight excluding hydrogens is 216 g/mol. The van der Waals surface area contributed by atoms with Gasteiger partial charge in [0.2, 0.25) is 5.78 Å². The lowest BCUT2D eigenvalue weighted by molar-refractivity contribution is -0.126. The molecule has 0 radical (unpaired) electrons. The van der Waals surface area contributed by atoms with Crippen molar-refractivity contribution in [2.75, 3.05) is 0 Å². The van der Waals surface area contributed by atoms with Gasteiger partial charge in [0.05, 0.1) is 0 Å². The second-order valence-electron chi connectivity index (χ2n) is 4.04. The van der Waals surface area contributed by atoms with Gasteiger partial charge in [0, 0.05) is 16.7 Å². The number of benzene rings is 1. The number of fused-ring (bicyclic) bond motifs is 2. The van der Waals surface area contributed by atoms with E-state index in [1.54, 1.807) is 0 Å². The maximum atomic E-state index is 11.8. The number of hydrogen-bond donors (Lipinski definition) is 0. The molecule has 0 amide bonds. The van der Waals surface area contributed by atoms with E-state index in [0.29, 0.717) is 17.6 Å². The van der Waals surface area contributed by atoms with Crippen LogP contribution in [0.5, 0.6) is 5.75 Å². The van der Waals surface area contributed by atoms with Gasteiger partial charge in [-0.3, -0.25) is 9.59 Å². The highest BCUT2D eigenvalue weighted by molar-refractivity contribution is 6.47. The largest absolute Gasteiger partial charge is 0.457 e. The third-order valence-electron chi connectivity index (χ3n) is 3.05. The minimum atomic E-state index is -0.469. The highest BCUT2D eigenvalue weighted by Crippen LogP contribution is 2.42. The van der Waals surface area contributed by atoms with Crippen molar-refractivity contribution in [3.8, 4) is 5.75 Å². The fourth-order valence-corrected chi connectivity index (χ4v) is 2.33. The van der Waals surface area contributed by atoms with Gasteiger partial charge in [-0.25, -0.2) is 0 Å². The Balaban J connectivity index is 2.27. The molecule has 0 saturated heterocycles. The van der Waals surface area contributed by atoms with Gasteiger partial charge in [0.25, 0.3) is 0 Å². The Morgan fingerprint density at radius 1 is 1.29 bits per heavy atom. The predicted octanol–water partition coefficient (Wildman–Crippen LogP) is 2.28. The molecule has 1 heterocycles. The first-order valence-electron chi connectivity index (χ1n) is 5.51. The maximum Gasteiger partial charge on any atom is 0.226 e. The average molecular weight is 226 g/mol. The highest BCUT2D eigenvalue weighted by atomic mass is 16.5. The summed E-state index contributed by atoms with van der Waals surface area (Å²) in [4.78, 5) is 22.5. The van der Waals surface area contributed by atoms with Crippen LogP contribution in [0.15, 0.2) is 41.7 Å². The van der Waals surface area contributed by atoms with Crippen molar-refractivity contribution in [2.45, 2.75) is 12.8 Å². The van der Waals surface area contributed by atoms with Crippen LogP contribution in [0.3, 0.4) is 0 Å². The minimum Gasteiger partial charge on any atom is -0.457 e. The van der Waals surface area contributed by atoms with Crippen LogP contribution in [0.2, 0.25) is 0 Å². The maximum absolute atomic E-state index is 11.8. The van der Waals surface area contributed by atoms with E-state index in [-0.39, 0.29) is 0 Å². The molecule has 3 rings (SSSR count). The molecule has 3 nitrogen and oxygen atoms in total. The monoisotopic (exact) mass is 226 g/mol. The van der Waals surface area contributed by atoms with Crippen molar-refractivity contribution in [3.05, 3.63) is 47.2 Å². The van der Waals surface area contributed by atoms with Gasteiger partial charge in [-0.15, -0.1) is 0 Å². The summed E-state index contributed by atoms with van der Waals surface area (Å²) in [5, 5.41) is 0. The zero-order valence-corrected chi connectivity index (χ0v) is 9.10. The Bertz CT molecular complexity index is 579. The lowest BCUT2D eigenvalue weighted by Gasteiger charge is -2.21. The number of carbonyl (C=O) groups excluding carboxylic acids is 2. The molecule has 84 valence electrons. The molecule has 0 atom stereocenters. The lowest BCUT2D eigenvalue weighted by Crippen LogP contribution is -2.13. The molecule has 0 aromatic heterocycles. The Morgan fingerprint density at radius 3 is 2.94 bits per heavy atom. The Morgan fingerprint density at radius 2 is 2.12 bits per heavy atom. The third-order valence-corrected chi connectivity index (χ3v) is 3.05. The number of ketones is 1. The van der Waals surface area contributed by atoms with Gasteiger partial charge < -0.3 is 4.74 Å². The molecule has 0 N–H and O–H groups in total. The molecular formula is C14H10O3. The summed E-state index contributed by atoms with van der Waals surface area (Å²) in [5.41, 5.74) is 2.09. The number of ether oxygens (including phenoxy) is 1. The van der Waals surface area contributed by atoms with Crippen LogP contribution >= 0.6 is 0 Å². The molecule has 0 bridgehead atoms. The summed E-state index contributed by atoms with van der Waals surface area (Å²) in [5.74, 6) is 0.909. The molecule has 1 aromatic carbocycles. The van der Waals surface area contributed by atoms with Gasteiger partial charge in [0.15, 0.2) is 6.29 Å². The van der Waals surface area contributed by atoms with Crippen LogP contribution in [-0.4, -0.2) is 12.1 Å². The lowest BCUT2D eigenvalue weighted by atomic mass is 9.93. The molecule has 1 aromatic rings. The molecule has 1 aliphatic heterocycles. The number of aldehydes is 1. The van der Waals surface area contributed by atoms with E-state index in [1.807, 2.05) is 30.3 Å². The molecule has 3 heteroatoms. The molecule has 1 aliphatic carbocycles. The van der Waals surface area contributed by atoms with Crippen molar-refractivity contribution in [1.29, 1.82) is 0 Å². The summed E-state index contributed by atoms with van der Waals surface area (Å²) in [6, 6.07) is 7.31. The van der Waals surface area contributed by atoms with Gasteiger partial charge >= 0.3 is 0 Å². The van der Waals surface area contributed by atoms with Gasteiger partial charge in [0.1, 0.15) is 11.5 Å². The molecule has 2 aliphatic rings. The minimum absolute atomic E-state index is 0.375. The first kappa shape index (κ1) is 10.0. The normalized spacial score (nSPS) is 16.8. The Labute approximate surface area is 98.4 Å². The fraction of sp³-hybridized carbons (Fsp3) is 0.143. The second-order valence-corrected chi connectivity index (χ2v) is 4.04. The molecule has 0 unspecified atom stereocenters. The number of Topliss-reactive ketones (excluding diaryl/α,β-unsaturated/α-hetero) is 1. The smallest absolute Gasteiger partial charge is 0.226 e. The summed E-state index contributed by atoms with van der Waals surface area (Å²) in [6.07, 6.45) is 3.95. The fourth-order valence-electron chi connectivity index (χ4n) is 2.33. The summed E-state index contributed by atoms with van der Waals surface area (Å²) < 4.78 is 5.72. The molecule has 0 spiro atoms. The van der Waals surface area contributed by atoms with E-state index in [0.717, 1.165) is 29.7 Å². The Kier molecular flexibility index (Phi) is 2.18. The van der Waals surface area contributed by atoms with E-state index >= 15 is 0 Å². The van der Waals surface area contributed by atoms with E-state index in [1.165, 1.54) is 0 Å². The van der Waals surface area contributed by atoms with Crippen LogP contribution in [-0.2, 0) is 9.59 Å². The van der Waals surface area contributed by atoms with Gasteiger partial charge in [-0.2, -0.15) is 0 Å². The van der Waals surface area contributed by atoms with E-state index in [2.05, 4.69) is 0 Å². The van der Waals surface area contributed by atoms with Crippen LogP contribution in [0.1, 0.15) is 18.4 Å². The van der Waals surface area contributed by atoms with E-state index < -0.39 is 5.78 Å². The average Bonchev–Trinajstić information content (AvgIpc) is 2.82. The summed E-state index contributed by atoms with van der Waals surface area (Å²) >= 11 is 0. The summed E-state index contributed by atoms with van der Waals surface area (Å²) in [7, 11) is 0. The van der Waals surface area contributed by atoms with Crippen LogP contribution in [0.25, 0.3) is 5.57 Å². The summed E-state index contributed by atoms with van der Waals surface area (Å²) in [6.45, 7) is 0. The van der Waals surface area contributed by atoms with Crippen molar-refractivity contribution in [2.24, 2.45) is 0 Å². The second kappa shape index (κ2) is 3.70. The zero-order valence-electron chi connectivity index (χ0n) is 9.10. The molecule has 17 heavy (non-hydrogen) atoms. The predicted molar refractivity (Wildman–Crippen MR) is 62.4 cm³/mol. The standard InChI is InChI=1S/C14H10O3/c15-8-11(16)14-9-4-1-2-6-12(9)17-13-7-3-5-10(13)14/h1-2,4,6-8H,3,5H2. The van der Waals surface area contributed by atoms with Crippen molar-refractivity contribution in [1.82, 2.24) is 0 Å². The number of hydrogen-bond acceptors (Lipinski definition) is 3. The van der Waals surface area contributed by atoms with Crippen LogP contribution in [0.4, 0.5) is 0 Å². The van der Waals surface area contributed by atoms with Crippen molar-refractivity contribution < 1.29 is 14.3 Å². The van der Waals surface area contributed by atoms with Gasteiger partial charge in [-0.05, 0) is 25.0 Å². The topological polar surface area (TPSA) is 43.4 Å². The molecule has 0 saturated carbocycles. The van der Waals surface area contributed by atoms with Gasteiger partial charge in [-0.1, -0.05) is 18.2 Å². The first-order chi connectivity index (χ1) is 8.31. The zero-order chi connectivity index (χ0) is 11.8. The number of para-hydroxylation sites is 1. The van der Waals surface area contributed by atoms with E-state index in [9.17, 15) is 9.59 Å². The van der Waals surface area contributed by atoms with Crippen molar-refractivity contribution in [3.63, 3.8) is 0 Å².